The molecule has 0 unspecified atom stereocenters. The molecule has 16 heavy (non-hydrogen) atoms. The number of halogens is 3. The van der Waals surface area contributed by atoms with E-state index in [0.717, 1.165) is 18.2 Å². The molecule has 1 aromatic rings. The van der Waals surface area contributed by atoms with E-state index in [9.17, 15) is 18.0 Å². The number of rotatable bonds is 2. The third kappa shape index (κ3) is 2.27. The molecule has 1 heterocycles. The number of hydrogen-bond donors (Lipinski definition) is 1. The summed E-state index contributed by atoms with van der Waals surface area (Å²) in [5, 5.41) is 0. The van der Waals surface area contributed by atoms with Crippen molar-refractivity contribution in [1.29, 1.82) is 0 Å². The molecule has 0 atom stereocenters. The molecule has 0 saturated carbocycles. The van der Waals surface area contributed by atoms with Crippen LogP contribution >= 0.6 is 0 Å². The smallest absolute Gasteiger partial charge is 0.328 e. The second-order valence-electron chi connectivity index (χ2n) is 4.10. The minimum atomic E-state index is -4.56. The molecule has 0 saturated heterocycles. The summed E-state index contributed by atoms with van der Waals surface area (Å²) >= 11 is 0. The highest BCUT2D eigenvalue weighted by Gasteiger charge is 2.37. The Hall–Kier alpha value is -1.30. The Morgan fingerprint density at radius 2 is 1.88 bits per heavy atom. The van der Waals surface area contributed by atoms with Gasteiger partial charge in [-0.05, 0) is 19.9 Å². The molecule has 3 nitrogen and oxygen atoms in total. The average molecular weight is 234 g/mol. The highest BCUT2D eigenvalue weighted by atomic mass is 19.4. The van der Waals surface area contributed by atoms with Gasteiger partial charge in [0.15, 0.2) is 0 Å². The van der Waals surface area contributed by atoms with Gasteiger partial charge >= 0.3 is 6.18 Å². The van der Waals surface area contributed by atoms with Crippen molar-refractivity contribution in [3.05, 3.63) is 34.2 Å². The highest BCUT2D eigenvalue weighted by Crippen LogP contribution is 2.30. The van der Waals surface area contributed by atoms with Crippen LogP contribution < -0.4 is 11.3 Å². The summed E-state index contributed by atoms with van der Waals surface area (Å²) in [6, 6.07) is 3.06. The van der Waals surface area contributed by atoms with Gasteiger partial charge < -0.3 is 5.73 Å². The van der Waals surface area contributed by atoms with Crippen LogP contribution in [-0.2, 0) is 11.7 Å². The van der Waals surface area contributed by atoms with Gasteiger partial charge in [0, 0.05) is 12.6 Å². The maximum absolute atomic E-state index is 12.7. The molecule has 0 fully saturated rings. The summed E-state index contributed by atoms with van der Waals surface area (Å²) in [7, 11) is 0. The molecule has 6 heteroatoms. The Balaban J connectivity index is 3.54. The molecule has 0 radical (unpaired) electrons. The number of hydrogen-bond acceptors (Lipinski definition) is 2. The van der Waals surface area contributed by atoms with Crippen molar-refractivity contribution in [1.82, 2.24) is 4.57 Å². The van der Waals surface area contributed by atoms with Crippen molar-refractivity contribution in [2.75, 3.05) is 6.54 Å². The van der Waals surface area contributed by atoms with Crippen molar-refractivity contribution in [2.45, 2.75) is 25.6 Å². The molecule has 2 N–H and O–H groups in total. The quantitative estimate of drug-likeness (QED) is 0.844. The number of pyridine rings is 1. The van der Waals surface area contributed by atoms with Gasteiger partial charge in [0.1, 0.15) is 5.69 Å². The molecule has 1 rings (SSSR count). The van der Waals surface area contributed by atoms with E-state index in [-0.39, 0.29) is 6.54 Å². The van der Waals surface area contributed by atoms with Crippen molar-refractivity contribution in [3.8, 4) is 0 Å². The number of aromatic nitrogens is 1. The van der Waals surface area contributed by atoms with Crippen LogP contribution in [0.2, 0.25) is 0 Å². The molecule has 90 valence electrons. The van der Waals surface area contributed by atoms with E-state index >= 15 is 0 Å². The van der Waals surface area contributed by atoms with Gasteiger partial charge in [0.2, 0.25) is 0 Å². The Labute approximate surface area is 90.7 Å². The molecule has 0 aliphatic rings. The molecule has 0 aromatic carbocycles. The lowest BCUT2D eigenvalue weighted by molar-refractivity contribution is -0.146. The van der Waals surface area contributed by atoms with Gasteiger partial charge in [0.25, 0.3) is 5.56 Å². The maximum Gasteiger partial charge on any atom is 0.431 e. The van der Waals surface area contributed by atoms with E-state index < -0.39 is 23.0 Å². The van der Waals surface area contributed by atoms with Crippen LogP contribution in [0.25, 0.3) is 0 Å². The van der Waals surface area contributed by atoms with Crippen LogP contribution in [0.1, 0.15) is 19.5 Å². The minimum Gasteiger partial charge on any atom is -0.328 e. The number of nitrogens with two attached hydrogens (primary N) is 1. The Morgan fingerprint density at radius 3 is 2.31 bits per heavy atom. The molecule has 1 aromatic heterocycles. The van der Waals surface area contributed by atoms with Crippen LogP contribution in [-0.4, -0.2) is 11.1 Å². The standard InChI is InChI=1S/C10H13F3N2O/c1-9(2,6-14)15-7(10(11,12)13)4-3-5-8(15)16/h3-5H,6,14H2,1-2H3. The maximum atomic E-state index is 12.7. The highest BCUT2D eigenvalue weighted by molar-refractivity contribution is 5.13. The van der Waals surface area contributed by atoms with E-state index in [1.165, 1.54) is 13.8 Å². The fraction of sp³-hybridized carbons (Fsp3) is 0.500. The minimum absolute atomic E-state index is 0.0556. The second-order valence-corrected chi connectivity index (χ2v) is 4.10. The second kappa shape index (κ2) is 3.93. The van der Waals surface area contributed by atoms with E-state index in [0.29, 0.717) is 4.57 Å². The lowest BCUT2D eigenvalue weighted by Gasteiger charge is -2.29. The Bertz CT molecular complexity index is 434. The summed E-state index contributed by atoms with van der Waals surface area (Å²) in [5.41, 5.74) is 2.65. The fourth-order valence-corrected chi connectivity index (χ4v) is 1.43. The van der Waals surface area contributed by atoms with Crippen molar-refractivity contribution in [3.63, 3.8) is 0 Å². The van der Waals surface area contributed by atoms with Crippen LogP contribution in [0.3, 0.4) is 0 Å². The SMILES string of the molecule is CC(C)(CN)n1c(C(F)(F)F)cccc1=O. The summed E-state index contributed by atoms with van der Waals surface area (Å²) in [6.45, 7) is 2.92. The van der Waals surface area contributed by atoms with Gasteiger partial charge in [-0.15, -0.1) is 0 Å². The van der Waals surface area contributed by atoms with Gasteiger partial charge in [-0.3, -0.25) is 9.36 Å². The molecule has 0 spiro atoms. The van der Waals surface area contributed by atoms with Crippen LogP contribution in [0.15, 0.2) is 23.0 Å². The first-order chi connectivity index (χ1) is 7.20. The molecule has 0 aliphatic heterocycles. The predicted octanol–water partition coefficient (Wildman–Crippen LogP) is 1.56. The summed E-state index contributed by atoms with van der Waals surface area (Å²) < 4.78 is 38.8. The van der Waals surface area contributed by atoms with Crippen molar-refractivity contribution >= 4 is 0 Å². The largest absolute Gasteiger partial charge is 0.431 e. The first-order valence-corrected chi connectivity index (χ1v) is 4.70. The predicted molar refractivity (Wildman–Crippen MR) is 54.1 cm³/mol. The summed E-state index contributed by atoms with van der Waals surface area (Å²) in [6.07, 6.45) is -4.56. The first-order valence-electron chi connectivity index (χ1n) is 4.70. The van der Waals surface area contributed by atoms with Crippen LogP contribution in [0.4, 0.5) is 13.2 Å². The number of alkyl halides is 3. The lowest BCUT2D eigenvalue weighted by atomic mass is 10.0. The van der Waals surface area contributed by atoms with E-state index in [2.05, 4.69) is 0 Å². The molecular weight excluding hydrogens is 221 g/mol. The van der Waals surface area contributed by atoms with Gasteiger partial charge in [-0.25, -0.2) is 0 Å². The van der Waals surface area contributed by atoms with E-state index in [4.69, 9.17) is 5.73 Å². The third-order valence-electron chi connectivity index (χ3n) is 2.35. The summed E-state index contributed by atoms with van der Waals surface area (Å²) in [4.78, 5) is 11.5. The van der Waals surface area contributed by atoms with Crippen molar-refractivity contribution < 1.29 is 13.2 Å². The monoisotopic (exact) mass is 234 g/mol. The average Bonchev–Trinajstić information content (AvgIpc) is 2.15. The Morgan fingerprint density at radius 1 is 1.31 bits per heavy atom. The van der Waals surface area contributed by atoms with E-state index in [1.807, 2.05) is 0 Å². The molecule has 0 amide bonds. The van der Waals surface area contributed by atoms with Crippen LogP contribution in [0.5, 0.6) is 0 Å². The Kier molecular flexibility index (Phi) is 3.14. The van der Waals surface area contributed by atoms with E-state index in [1.54, 1.807) is 0 Å². The number of nitrogens with zero attached hydrogens (tertiary/aromatic N) is 1. The third-order valence-corrected chi connectivity index (χ3v) is 2.35. The first kappa shape index (κ1) is 12.8. The zero-order valence-corrected chi connectivity index (χ0v) is 9.01. The topological polar surface area (TPSA) is 48.0 Å². The normalized spacial score (nSPS) is 12.9. The van der Waals surface area contributed by atoms with Gasteiger partial charge in [0.05, 0.1) is 5.54 Å². The molecule has 0 aliphatic carbocycles. The van der Waals surface area contributed by atoms with Gasteiger partial charge in [-0.1, -0.05) is 6.07 Å². The zero-order valence-electron chi connectivity index (χ0n) is 9.01. The zero-order chi connectivity index (χ0) is 12.6. The molecular formula is C10H13F3N2O. The lowest BCUT2D eigenvalue weighted by Crippen LogP contribution is -2.44. The van der Waals surface area contributed by atoms with Gasteiger partial charge in [-0.2, -0.15) is 13.2 Å². The van der Waals surface area contributed by atoms with Crippen molar-refractivity contribution in [2.24, 2.45) is 5.73 Å². The summed E-state index contributed by atoms with van der Waals surface area (Å²) in [5.74, 6) is 0. The fourth-order valence-electron chi connectivity index (χ4n) is 1.43. The molecule has 0 bridgehead atoms. The van der Waals surface area contributed by atoms with Crippen LogP contribution in [0, 0.1) is 0 Å².